The van der Waals surface area contributed by atoms with Crippen molar-refractivity contribution in [2.24, 2.45) is 0 Å². The maximum absolute atomic E-state index is 11.8. The van der Waals surface area contributed by atoms with E-state index in [0.29, 0.717) is 13.1 Å². The third kappa shape index (κ3) is 4.63. The number of nitrogens with one attached hydrogen (secondary N) is 2. The van der Waals surface area contributed by atoms with Gasteiger partial charge < -0.3 is 20.3 Å². The predicted molar refractivity (Wildman–Crippen MR) is 88.5 cm³/mol. The Hall–Kier alpha value is -1.75. The van der Waals surface area contributed by atoms with Crippen molar-refractivity contribution in [3.8, 4) is 5.75 Å². The lowest BCUT2D eigenvalue weighted by atomic mass is 9.96. The lowest BCUT2D eigenvalue weighted by molar-refractivity contribution is 0.239. The Bertz CT molecular complexity index is 481. The van der Waals surface area contributed by atoms with Gasteiger partial charge in [0.1, 0.15) is 5.75 Å². The Morgan fingerprint density at radius 3 is 2.45 bits per heavy atom. The van der Waals surface area contributed by atoms with Gasteiger partial charge in [0.2, 0.25) is 0 Å². The number of benzene rings is 1. The van der Waals surface area contributed by atoms with Crippen molar-refractivity contribution in [1.82, 2.24) is 15.5 Å². The first kappa shape index (κ1) is 16.6. The fourth-order valence-electron chi connectivity index (χ4n) is 2.57. The lowest BCUT2D eigenvalue weighted by Gasteiger charge is -2.17. The van der Waals surface area contributed by atoms with Gasteiger partial charge >= 0.3 is 6.03 Å². The summed E-state index contributed by atoms with van der Waals surface area (Å²) in [6, 6.07) is 8.09. The normalized spacial score (nSPS) is 15.5. The monoisotopic (exact) mass is 305 g/mol. The molecule has 1 aromatic rings. The van der Waals surface area contributed by atoms with Crippen molar-refractivity contribution in [1.29, 1.82) is 0 Å². The summed E-state index contributed by atoms with van der Waals surface area (Å²) in [6.45, 7) is 2.38. The summed E-state index contributed by atoms with van der Waals surface area (Å²) in [7, 11) is 5.74. The highest BCUT2D eigenvalue weighted by Crippen LogP contribution is 2.47. The molecule has 5 nitrogen and oxygen atoms in total. The van der Waals surface area contributed by atoms with Gasteiger partial charge in [-0.25, -0.2) is 4.79 Å². The number of ether oxygens (including phenoxy) is 1. The third-order valence-electron chi connectivity index (χ3n) is 4.21. The molecule has 0 unspecified atom stereocenters. The maximum atomic E-state index is 11.8. The topological polar surface area (TPSA) is 53.6 Å². The standard InChI is InChI=1S/C17H27N3O2/c1-20(2)12-4-11-18-16(21)19-13-17(9-10-17)14-5-7-15(22-3)8-6-14/h5-8H,4,9-13H2,1-3H3,(H2,18,19,21). The molecule has 22 heavy (non-hydrogen) atoms. The largest absolute Gasteiger partial charge is 0.497 e. The van der Waals surface area contributed by atoms with Crippen molar-refractivity contribution in [3.05, 3.63) is 29.8 Å². The molecular formula is C17H27N3O2. The number of methoxy groups -OCH3 is 1. The molecule has 1 aromatic carbocycles. The molecule has 0 atom stereocenters. The second-order valence-electron chi connectivity index (χ2n) is 6.28. The average Bonchev–Trinajstić information content (AvgIpc) is 3.31. The molecule has 0 heterocycles. The highest BCUT2D eigenvalue weighted by atomic mass is 16.5. The van der Waals surface area contributed by atoms with Crippen molar-refractivity contribution in [3.63, 3.8) is 0 Å². The molecule has 2 amide bonds. The van der Waals surface area contributed by atoms with Crippen molar-refractivity contribution in [2.75, 3.05) is 40.8 Å². The third-order valence-corrected chi connectivity index (χ3v) is 4.21. The van der Waals surface area contributed by atoms with E-state index in [1.165, 1.54) is 5.56 Å². The van der Waals surface area contributed by atoms with E-state index in [4.69, 9.17) is 4.74 Å². The molecule has 122 valence electrons. The summed E-state index contributed by atoms with van der Waals surface area (Å²) < 4.78 is 5.19. The summed E-state index contributed by atoms with van der Waals surface area (Å²) in [5.41, 5.74) is 1.40. The van der Waals surface area contributed by atoms with Crippen LogP contribution in [0.5, 0.6) is 5.75 Å². The second kappa shape index (κ2) is 7.49. The van der Waals surface area contributed by atoms with Crippen LogP contribution in [0, 0.1) is 0 Å². The molecule has 5 heteroatoms. The molecule has 1 saturated carbocycles. The van der Waals surface area contributed by atoms with Crippen LogP contribution in [-0.4, -0.2) is 51.8 Å². The van der Waals surface area contributed by atoms with Crippen molar-refractivity contribution >= 4 is 6.03 Å². The molecule has 0 bridgehead atoms. The summed E-state index contributed by atoms with van der Waals surface area (Å²) in [5, 5.41) is 5.92. The maximum Gasteiger partial charge on any atom is 0.314 e. The van der Waals surface area contributed by atoms with Gasteiger partial charge in [-0.15, -0.1) is 0 Å². The molecule has 0 aliphatic heterocycles. The van der Waals surface area contributed by atoms with Gasteiger partial charge in [0.25, 0.3) is 0 Å². The van der Waals surface area contributed by atoms with E-state index in [0.717, 1.165) is 31.6 Å². The number of carbonyl (C=O) groups is 1. The number of carbonyl (C=O) groups excluding carboxylic acids is 1. The highest BCUT2D eigenvalue weighted by molar-refractivity contribution is 5.74. The number of hydrogen-bond donors (Lipinski definition) is 2. The average molecular weight is 305 g/mol. The minimum absolute atomic E-state index is 0.0708. The summed E-state index contributed by atoms with van der Waals surface area (Å²) >= 11 is 0. The van der Waals surface area contributed by atoms with Gasteiger partial charge in [-0.2, -0.15) is 0 Å². The van der Waals surface area contributed by atoms with E-state index in [1.807, 2.05) is 26.2 Å². The van der Waals surface area contributed by atoms with Gasteiger partial charge in [-0.05, 0) is 57.6 Å². The molecule has 1 aliphatic rings. The van der Waals surface area contributed by atoms with E-state index < -0.39 is 0 Å². The molecule has 0 spiro atoms. The zero-order chi connectivity index (χ0) is 16.0. The minimum atomic E-state index is -0.0708. The zero-order valence-corrected chi connectivity index (χ0v) is 13.8. The molecule has 1 fully saturated rings. The lowest BCUT2D eigenvalue weighted by Crippen LogP contribution is -2.40. The van der Waals surface area contributed by atoms with Crippen LogP contribution >= 0.6 is 0 Å². The summed E-state index contributed by atoms with van der Waals surface area (Å²) in [4.78, 5) is 14.0. The van der Waals surface area contributed by atoms with Crippen LogP contribution in [0.2, 0.25) is 0 Å². The summed E-state index contributed by atoms with van der Waals surface area (Å²) in [6.07, 6.45) is 3.21. The zero-order valence-electron chi connectivity index (χ0n) is 13.8. The van der Waals surface area contributed by atoms with Gasteiger partial charge in [0.05, 0.1) is 7.11 Å². The first-order valence-electron chi connectivity index (χ1n) is 7.87. The number of amides is 2. The highest BCUT2D eigenvalue weighted by Gasteiger charge is 2.44. The quantitative estimate of drug-likeness (QED) is 0.722. The Kier molecular flexibility index (Phi) is 5.66. The number of urea groups is 1. The molecular weight excluding hydrogens is 278 g/mol. The van der Waals surface area contributed by atoms with Gasteiger partial charge in [0.15, 0.2) is 0 Å². The van der Waals surface area contributed by atoms with Crippen LogP contribution in [0.4, 0.5) is 4.79 Å². The van der Waals surface area contributed by atoms with Crippen LogP contribution in [0.25, 0.3) is 0 Å². The van der Waals surface area contributed by atoms with E-state index in [9.17, 15) is 4.79 Å². The van der Waals surface area contributed by atoms with Crippen molar-refractivity contribution < 1.29 is 9.53 Å². The number of rotatable bonds is 8. The molecule has 2 rings (SSSR count). The first-order valence-corrected chi connectivity index (χ1v) is 7.87. The van der Waals surface area contributed by atoms with Crippen LogP contribution in [0.15, 0.2) is 24.3 Å². The predicted octanol–water partition coefficient (Wildman–Crippen LogP) is 1.98. The molecule has 0 aromatic heterocycles. The Balaban J connectivity index is 1.74. The molecule has 1 aliphatic carbocycles. The fourth-order valence-corrected chi connectivity index (χ4v) is 2.57. The molecule has 2 N–H and O–H groups in total. The number of hydrogen-bond acceptors (Lipinski definition) is 3. The van der Waals surface area contributed by atoms with E-state index in [2.05, 4.69) is 27.7 Å². The smallest absolute Gasteiger partial charge is 0.314 e. The van der Waals surface area contributed by atoms with Crippen LogP contribution in [0.3, 0.4) is 0 Å². The Morgan fingerprint density at radius 2 is 1.91 bits per heavy atom. The van der Waals surface area contributed by atoms with Crippen LogP contribution < -0.4 is 15.4 Å². The van der Waals surface area contributed by atoms with Gasteiger partial charge in [-0.1, -0.05) is 12.1 Å². The first-order chi connectivity index (χ1) is 10.6. The van der Waals surface area contributed by atoms with Crippen LogP contribution in [-0.2, 0) is 5.41 Å². The summed E-state index contributed by atoms with van der Waals surface area (Å²) in [5.74, 6) is 0.867. The minimum Gasteiger partial charge on any atom is -0.497 e. The van der Waals surface area contributed by atoms with Gasteiger partial charge in [-0.3, -0.25) is 0 Å². The van der Waals surface area contributed by atoms with Crippen LogP contribution in [0.1, 0.15) is 24.8 Å². The molecule has 0 radical (unpaired) electrons. The number of nitrogens with zero attached hydrogens (tertiary/aromatic N) is 1. The van der Waals surface area contributed by atoms with E-state index >= 15 is 0 Å². The SMILES string of the molecule is COc1ccc(C2(CNC(=O)NCCCN(C)C)CC2)cc1. The Morgan fingerprint density at radius 1 is 1.23 bits per heavy atom. The van der Waals surface area contributed by atoms with Crippen molar-refractivity contribution in [2.45, 2.75) is 24.7 Å². The van der Waals surface area contributed by atoms with E-state index in [-0.39, 0.29) is 11.4 Å². The Labute approximate surface area is 133 Å². The van der Waals surface area contributed by atoms with E-state index in [1.54, 1.807) is 7.11 Å². The van der Waals surface area contributed by atoms with Gasteiger partial charge in [0, 0.05) is 18.5 Å². The molecule has 0 saturated heterocycles. The fraction of sp³-hybridized carbons (Fsp3) is 0.588. The second-order valence-corrected chi connectivity index (χ2v) is 6.28.